The van der Waals surface area contributed by atoms with E-state index in [9.17, 15) is 0 Å². The summed E-state index contributed by atoms with van der Waals surface area (Å²) in [7, 11) is 0. The fourth-order valence-electron chi connectivity index (χ4n) is 3.71. The third kappa shape index (κ3) is 4.18. The van der Waals surface area contributed by atoms with Crippen LogP contribution in [-0.2, 0) is 0 Å². The summed E-state index contributed by atoms with van der Waals surface area (Å²) in [6, 6.07) is 20.6. The molecule has 0 radical (unpaired) electrons. The highest BCUT2D eigenvalue weighted by molar-refractivity contribution is 6.05. The first kappa shape index (κ1) is 19.0. The van der Waals surface area contributed by atoms with Crippen molar-refractivity contribution in [1.82, 2.24) is 0 Å². The van der Waals surface area contributed by atoms with Crippen molar-refractivity contribution in [2.75, 3.05) is 0 Å². The summed E-state index contributed by atoms with van der Waals surface area (Å²) in [6.45, 7) is 4.24. The van der Waals surface area contributed by atoms with E-state index in [0.717, 1.165) is 51.5 Å². The van der Waals surface area contributed by atoms with Gasteiger partial charge in [0.25, 0.3) is 0 Å². The second-order valence-electron chi connectivity index (χ2n) is 8.09. The molecule has 1 aliphatic rings. The minimum absolute atomic E-state index is 0.853. The predicted molar refractivity (Wildman–Crippen MR) is 129 cm³/mol. The van der Waals surface area contributed by atoms with Crippen LogP contribution in [0.15, 0.2) is 88.4 Å². The molecule has 0 saturated carbocycles. The van der Waals surface area contributed by atoms with Gasteiger partial charge in [-0.2, -0.15) is 0 Å². The number of benzene rings is 3. The van der Waals surface area contributed by atoms with Gasteiger partial charge >= 0.3 is 0 Å². The molecule has 5 rings (SSSR count). The zero-order valence-corrected chi connectivity index (χ0v) is 17.8. The molecule has 1 heterocycles. The zero-order chi connectivity index (χ0) is 21.2. The average molecular weight is 399 g/mol. The van der Waals surface area contributed by atoms with E-state index in [1.807, 2.05) is 24.3 Å². The lowest BCUT2D eigenvalue weighted by Crippen LogP contribution is -1.88. The monoisotopic (exact) mass is 398 g/mol. The molecule has 0 saturated heterocycles. The Kier molecular flexibility index (Phi) is 4.95. The molecule has 0 amide bonds. The molecule has 0 atom stereocenters. The Bertz CT molecular complexity index is 1480. The van der Waals surface area contributed by atoms with E-state index in [2.05, 4.69) is 86.1 Å². The summed E-state index contributed by atoms with van der Waals surface area (Å²) in [5.74, 6) is 13.1. The van der Waals surface area contributed by atoms with Crippen LogP contribution in [0.4, 0.5) is 0 Å². The van der Waals surface area contributed by atoms with Crippen molar-refractivity contribution in [3.05, 3.63) is 106 Å². The highest BCUT2D eigenvalue weighted by Gasteiger charge is 2.08. The molecule has 0 fully saturated rings. The number of allylic oxidation sites excluding steroid dienone is 4. The molecular formula is C30H22O. The SMILES string of the molecule is CC1=CC=C(C#Cc2ccc3c(c2)oc2cc(C#Cc4ccc(C)cc4)ccc23)CC1. The molecule has 1 nitrogen and oxygen atoms in total. The molecule has 3 aromatic carbocycles. The lowest BCUT2D eigenvalue weighted by atomic mass is 9.99. The van der Waals surface area contributed by atoms with Crippen molar-refractivity contribution in [3.8, 4) is 23.7 Å². The Labute approximate surface area is 183 Å². The summed E-state index contributed by atoms with van der Waals surface area (Å²) >= 11 is 0. The van der Waals surface area contributed by atoms with Gasteiger partial charge in [-0.15, -0.1) is 0 Å². The van der Waals surface area contributed by atoms with Gasteiger partial charge in [-0.25, -0.2) is 0 Å². The maximum Gasteiger partial charge on any atom is 0.136 e. The quantitative estimate of drug-likeness (QED) is 0.283. The number of fused-ring (bicyclic) bond motifs is 3. The van der Waals surface area contributed by atoms with Crippen LogP contribution >= 0.6 is 0 Å². The number of furan rings is 1. The van der Waals surface area contributed by atoms with Gasteiger partial charge in [0, 0.05) is 33.0 Å². The molecule has 1 aliphatic carbocycles. The summed E-state index contributed by atoms with van der Waals surface area (Å²) in [5, 5.41) is 2.21. The van der Waals surface area contributed by atoms with Gasteiger partial charge in [0.1, 0.15) is 11.2 Å². The van der Waals surface area contributed by atoms with Gasteiger partial charge in [0.05, 0.1) is 0 Å². The standard InChI is InChI=1S/C30H22O/c1-21-3-7-23(8-4-21)11-13-25-15-17-27-28-18-16-26(20-30(28)31-29(27)19-25)14-12-24-9-5-22(2)6-10-24/h3-5,7-9,15-20H,6,10H2,1-2H3. The van der Waals surface area contributed by atoms with E-state index < -0.39 is 0 Å². The topological polar surface area (TPSA) is 13.1 Å². The number of rotatable bonds is 0. The minimum atomic E-state index is 0.853. The third-order valence-electron chi connectivity index (χ3n) is 5.60. The lowest BCUT2D eigenvalue weighted by molar-refractivity contribution is 0.668. The maximum atomic E-state index is 6.15. The first-order valence-corrected chi connectivity index (χ1v) is 10.6. The molecule has 1 heteroatoms. The van der Waals surface area contributed by atoms with Crippen LogP contribution in [0, 0.1) is 30.6 Å². The van der Waals surface area contributed by atoms with Gasteiger partial charge in [0.2, 0.25) is 0 Å². The number of hydrogen-bond donors (Lipinski definition) is 0. The van der Waals surface area contributed by atoms with Crippen molar-refractivity contribution in [3.63, 3.8) is 0 Å². The van der Waals surface area contributed by atoms with E-state index in [1.54, 1.807) is 0 Å². The van der Waals surface area contributed by atoms with Crippen LogP contribution in [0.2, 0.25) is 0 Å². The highest BCUT2D eigenvalue weighted by atomic mass is 16.3. The van der Waals surface area contributed by atoms with E-state index in [1.165, 1.54) is 16.7 Å². The van der Waals surface area contributed by atoms with E-state index in [4.69, 9.17) is 4.42 Å². The lowest BCUT2D eigenvalue weighted by Gasteiger charge is -2.05. The van der Waals surface area contributed by atoms with Crippen LogP contribution in [-0.4, -0.2) is 0 Å². The summed E-state index contributed by atoms with van der Waals surface area (Å²) < 4.78 is 6.15. The van der Waals surface area contributed by atoms with Crippen molar-refractivity contribution in [2.24, 2.45) is 0 Å². The predicted octanol–water partition coefficient (Wildman–Crippen LogP) is 7.31. The smallest absolute Gasteiger partial charge is 0.136 e. The second-order valence-corrected chi connectivity index (χ2v) is 8.09. The Morgan fingerprint density at radius 2 is 1.19 bits per heavy atom. The van der Waals surface area contributed by atoms with Crippen LogP contribution in [0.25, 0.3) is 21.9 Å². The average Bonchev–Trinajstić information content (AvgIpc) is 3.15. The Hall–Kier alpha value is -3.94. The van der Waals surface area contributed by atoms with Crippen LogP contribution in [0.5, 0.6) is 0 Å². The van der Waals surface area contributed by atoms with Crippen molar-refractivity contribution < 1.29 is 4.42 Å². The third-order valence-corrected chi connectivity index (χ3v) is 5.60. The van der Waals surface area contributed by atoms with Crippen LogP contribution in [0.1, 0.15) is 42.0 Å². The summed E-state index contributed by atoms with van der Waals surface area (Å²) in [5.41, 5.74) is 8.48. The second kappa shape index (κ2) is 8.06. The Morgan fingerprint density at radius 1 is 0.613 bits per heavy atom. The number of hydrogen-bond acceptors (Lipinski definition) is 1. The van der Waals surface area contributed by atoms with Crippen LogP contribution < -0.4 is 0 Å². The molecule has 0 bridgehead atoms. The van der Waals surface area contributed by atoms with Crippen molar-refractivity contribution >= 4 is 21.9 Å². The molecule has 4 aromatic rings. The molecule has 1 aromatic heterocycles. The fraction of sp³-hybridized carbons (Fsp3) is 0.133. The Balaban J connectivity index is 1.45. The van der Waals surface area contributed by atoms with Crippen LogP contribution in [0.3, 0.4) is 0 Å². The highest BCUT2D eigenvalue weighted by Crippen LogP contribution is 2.30. The number of aryl methyl sites for hydroxylation is 1. The molecule has 0 spiro atoms. The van der Waals surface area contributed by atoms with Gasteiger partial charge in [-0.05, 0) is 75.2 Å². The van der Waals surface area contributed by atoms with Crippen molar-refractivity contribution in [1.29, 1.82) is 0 Å². The van der Waals surface area contributed by atoms with E-state index >= 15 is 0 Å². The maximum absolute atomic E-state index is 6.15. The fourth-order valence-corrected chi connectivity index (χ4v) is 3.71. The van der Waals surface area contributed by atoms with E-state index in [0.29, 0.717) is 0 Å². The molecule has 0 unspecified atom stereocenters. The normalized spacial score (nSPS) is 13.1. The first-order chi connectivity index (χ1) is 15.1. The zero-order valence-electron chi connectivity index (χ0n) is 17.8. The first-order valence-electron chi connectivity index (χ1n) is 10.6. The molecule has 0 N–H and O–H groups in total. The summed E-state index contributed by atoms with van der Waals surface area (Å²) in [4.78, 5) is 0. The summed E-state index contributed by atoms with van der Waals surface area (Å²) in [6.07, 6.45) is 6.41. The largest absolute Gasteiger partial charge is 0.456 e. The van der Waals surface area contributed by atoms with Gasteiger partial charge < -0.3 is 4.42 Å². The molecule has 31 heavy (non-hydrogen) atoms. The van der Waals surface area contributed by atoms with Gasteiger partial charge in [0.15, 0.2) is 0 Å². The van der Waals surface area contributed by atoms with Gasteiger partial charge in [-0.1, -0.05) is 59.1 Å². The Morgan fingerprint density at radius 3 is 1.81 bits per heavy atom. The minimum Gasteiger partial charge on any atom is -0.456 e. The molecule has 0 aliphatic heterocycles. The van der Waals surface area contributed by atoms with Gasteiger partial charge in [-0.3, -0.25) is 0 Å². The van der Waals surface area contributed by atoms with E-state index in [-0.39, 0.29) is 0 Å². The molecular weight excluding hydrogens is 376 g/mol. The van der Waals surface area contributed by atoms with Crippen molar-refractivity contribution in [2.45, 2.75) is 26.7 Å². The molecule has 148 valence electrons.